The zero-order chi connectivity index (χ0) is 18.4. The third-order valence-corrected chi connectivity index (χ3v) is 6.89. The summed E-state index contributed by atoms with van der Waals surface area (Å²) >= 11 is 1.83. The molecule has 1 amide bonds. The first-order valence-electron chi connectivity index (χ1n) is 9.48. The van der Waals surface area contributed by atoms with Crippen LogP contribution in [-0.4, -0.2) is 39.4 Å². The Kier molecular flexibility index (Phi) is 4.14. The number of carbonyl (C=O) groups excluding carboxylic acids is 1. The number of hydrogen-bond donors (Lipinski definition) is 0. The molecular weight excluding hydrogens is 354 g/mol. The third-order valence-electron chi connectivity index (χ3n) is 5.88. The Balaban J connectivity index is 1.45. The second-order valence-electron chi connectivity index (χ2n) is 7.57. The molecule has 0 saturated carbocycles. The van der Waals surface area contributed by atoms with E-state index in [1.165, 1.54) is 16.0 Å². The quantitative estimate of drug-likeness (QED) is 0.689. The molecule has 4 heterocycles. The van der Waals surface area contributed by atoms with Crippen LogP contribution in [0.2, 0.25) is 0 Å². The van der Waals surface area contributed by atoms with E-state index in [9.17, 15) is 4.79 Å². The van der Waals surface area contributed by atoms with Gasteiger partial charge in [0.1, 0.15) is 5.69 Å². The maximum Gasteiger partial charge on any atom is 0.271 e. The fourth-order valence-corrected chi connectivity index (χ4v) is 5.40. The lowest BCUT2D eigenvalue weighted by Gasteiger charge is -2.38. The largest absolute Gasteiger partial charge is 0.337 e. The first kappa shape index (κ1) is 16.8. The molecule has 2 aliphatic heterocycles. The van der Waals surface area contributed by atoms with E-state index in [0.29, 0.717) is 12.6 Å². The topological polar surface area (TPSA) is 28.5 Å². The van der Waals surface area contributed by atoms with Crippen LogP contribution in [0.3, 0.4) is 0 Å². The van der Waals surface area contributed by atoms with Crippen molar-refractivity contribution in [3.05, 3.63) is 81.8 Å². The van der Waals surface area contributed by atoms with Crippen LogP contribution in [0.25, 0.3) is 0 Å². The van der Waals surface area contributed by atoms with E-state index in [1.807, 2.05) is 41.7 Å². The molecule has 27 heavy (non-hydrogen) atoms. The standard InChI is InChI=1S/C22H23N3OS/c1-16-9-11-27-21(16)15-23-13-19-20(14-23)25(12-17-6-3-2-4-7-17)22(26)18-8-5-10-24(18)19/h2-11,19-20H,12-15H2,1H3/t19-,20-/m1/s1. The first-order valence-corrected chi connectivity index (χ1v) is 10.4. The summed E-state index contributed by atoms with van der Waals surface area (Å²) in [5.41, 5.74) is 3.38. The second kappa shape index (κ2) is 6.66. The predicted molar refractivity (Wildman–Crippen MR) is 108 cm³/mol. The molecule has 0 bridgehead atoms. The Bertz CT molecular complexity index is 961. The number of fused-ring (bicyclic) bond motifs is 3. The van der Waals surface area contributed by atoms with Crippen molar-refractivity contribution in [1.82, 2.24) is 14.4 Å². The minimum Gasteiger partial charge on any atom is -0.337 e. The van der Waals surface area contributed by atoms with Crippen LogP contribution in [0.5, 0.6) is 0 Å². The van der Waals surface area contributed by atoms with Crippen LogP contribution < -0.4 is 0 Å². The van der Waals surface area contributed by atoms with Gasteiger partial charge in [-0.1, -0.05) is 30.3 Å². The van der Waals surface area contributed by atoms with Crippen molar-refractivity contribution >= 4 is 17.2 Å². The molecule has 0 aliphatic carbocycles. The average molecular weight is 378 g/mol. The highest BCUT2D eigenvalue weighted by molar-refractivity contribution is 7.10. The Hall–Kier alpha value is -2.37. The molecule has 1 saturated heterocycles. The molecule has 5 rings (SSSR count). The number of amides is 1. The van der Waals surface area contributed by atoms with Gasteiger partial charge >= 0.3 is 0 Å². The molecular formula is C22H23N3OS. The summed E-state index contributed by atoms with van der Waals surface area (Å²) in [4.78, 5) is 19.2. The molecule has 4 nitrogen and oxygen atoms in total. The lowest BCUT2D eigenvalue weighted by molar-refractivity contribution is 0.0556. The number of aryl methyl sites for hydroxylation is 1. The summed E-state index contributed by atoms with van der Waals surface area (Å²) in [5, 5.41) is 2.17. The fraction of sp³-hybridized carbons (Fsp3) is 0.318. The highest BCUT2D eigenvalue weighted by Crippen LogP contribution is 2.35. The maximum atomic E-state index is 13.2. The van der Waals surface area contributed by atoms with E-state index >= 15 is 0 Å². The van der Waals surface area contributed by atoms with Crippen molar-refractivity contribution in [3.8, 4) is 0 Å². The number of benzene rings is 1. The minimum absolute atomic E-state index is 0.152. The number of thiophene rings is 1. The van der Waals surface area contributed by atoms with Gasteiger partial charge in [0.05, 0.1) is 12.1 Å². The van der Waals surface area contributed by atoms with Crippen LogP contribution in [0.4, 0.5) is 0 Å². The molecule has 2 aromatic heterocycles. The summed E-state index contributed by atoms with van der Waals surface area (Å²) in [7, 11) is 0. The highest BCUT2D eigenvalue weighted by atomic mass is 32.1. The van der Waals surface area contributed by atoms with Gasteiger partial charge in [0.2, 0.25) is 0 Å². The van der Waals surface area contributed by atoms with Gasteiger partial charge in [-0.25, -0.2) is 0 Å². The smallest absolute Gasteiger partial charge is 0.271 e. The van der Waals surface area contributed by atoms with Crippen LogP contribution in [0, 0.1) is 6.92 Å². The number of likely N-dealkylation sites (tertiary alicyclic amines) is 1. The molecule has 0 radical (unpaired) electrons. The van der Waals surface area contributed by atoms with Crippen molar-refractivity contribution in [1.29, 1.82) is 0 Å². The Morgan fingerprint density at radius 1 is 1.00 bits per heavy atom. The average Bonchev–Trinajstić information content (AvgIpc) is 3.40. The molecule has 1 aromatic carbocycles. The third kappa shape index (κ3) is 2.91. The number of aromatic nitrogens is 1. The normalized spacial score (nSPS) is 22.1. The van der Waals surface area contributed by atoms with E-state index in [4.69, 9.17) is 0 Å². The molecule has 0 N–H and O–H groups in total. The van der Waals surface area contributed by atoms with E-state index in [2.05, 4.69) is 51.1 Å². The Morgan fingerprint density at radius 3 is 2.59 bits per heavy atom. The number of nitrogens with zero attached hydrogens (tertiary/aromatic N) is 3. The van der Waals surface area contributed by atoms with Gasteiger partial charge in [-0.3, -0.25) is 9.69 Å². The van der Waals surface area contributed by atoms with Gasteiger partial charge in [0.15, 0.2) is 0 Å². The first-order chi connectivity index (χ1) is 13.2. The van der Waals surface area contributed by atoms with E-state index in [1.54, 1.807) is 0 Å². The van der Waals surface area contributed by atoms with Crippen LogP contribution >= 0.6 is 11.3 Å². The van der Waals surface area contributed by atoms with E-state index in [-0.39, 0.29) is 11.9 Å². The van der Waals surface area contributed by atoms with Gasteiger partial charge < -0.3 is 9.47 Å². The summed E-state index contributed by atoms with van der Waals surface area (Å²) in [5.74, 6) is 0.152. The maximum absolute atomic E-state index is 13.2. The number of hydrogen-bond acceptors (Lipinski definition) is 3. The second-order valence-corrected chi connectivity index (χ2v) is 8.58. The summed E-state index contributed by atoms with van der Waals surface area (Å²) < 4.78 is 2.20. The molecule has 1 fully saturated rings. The lowest BCUT2D eigenvalue weighted by Crippen LogP contribution is -2.49. The monoisotopic (exact) mass is 377 g/mol. The molecule has 3 aromatic rings. The van der Waals surface area contributed by atoms with Gasteiger partial charge in [-0.15, -0.1) is 11.3 Å². The van der Waals surface area contributed by atoms with Gasteiger partial charge in [-0.2, -0.15) is 0 Å². The van der Waals surface area contributed by atoms with Crippen molar-refractivity contribution < 1.29 is 4.79 Å². The van der Waals surface area contributed by atoms with E-state index in [0.717, 1.165) is 25.3 Å². The minimum atomic E-state index is 0.152. The molecule has 0 unspecified atom stereocenters. The SMILES string of the molecule is Cc1ccsc1CN1C[C@@H]2[C@@H](C1)n1cccc1C(=O)N2Cc1ccccc1. The summed E-state index contributed by atoms with van der Waals surface area (Å²) in [6, 6.07) is 17.0. The van der Waals surface area contributed by atoms with Gasteiger partial charge in [-0.05, 0) is 41.6 Å². The number of rotatable bonds is 4. The zero-order valence-electron chi connectivity index (χ0n) is 15.4. The van der Waals surface area contributed by atoms with Crippen molar-refractivity contribution in [2.45, 2.75) is 32.1 Å². The summed E-state index contributed by atoms with van der Waals surface area (Å²) in [6.07, 6.45) is 2.07. The summed E-state index contributed by atoms with van der Waals surface area (Å²) in [6.45, 7) is 5.75. The number of carbonyl (C=O) groups is 1. The predicted octanol–water partition coefficient (Wildman–Crippen LogP) is 3.94. The fourth-order valence-electron chi connectivity index (χ4n) is 4.46. The Morgan fingerprint density at radius 2 is 1.81 bits per heavy atom. The molecule has 138 valence electrons. The van der Waals surface area contributed by atoms with Gasteiger partial charge in [0, 0.05) is 37.3 Å². The van der Waals surface area contributed by atoms with Crippen LogP contribution in [-0.2, 0) is 13.1 Å². The molecule has 2 aliphatic rings. The van der Waals surface area contributed by atoms with Crippen LogP contribution in [0.1, 0.15) is 32.5 Å². The lowest BCUT2D eigenvalue weighted by atomic mass is 10.0. The highest BCUT2D eigenvalue weighted by Gasteiger charge is 2.44. The van der Waals surface area contributed by atoms with Crippen molar-refractivity contribution in [2.75, 3.05) is 13.1 Å². The van der Waals surface area contributed by atoms with Crippen molar-refractivity contribution in [3.63, 3.8) is 0 Å². The van der Waals surface area contributed by atoms with Crippen molar-refractivity contribution in [2.24, 2.45) is 0 Å². The molecule has 5 heteroatoms. The Labute approximate surface area is 163 Å². The van der Waals surface area contributed by atoms with E-state index < -0.39 is 0 Å². The molecule has 0 spiro atoms. The van der Waals surface area contributed by atoms with Crippen LogP contribution in [0.15, 0.2) is 60.1 Å². The zero-order valence-corrected chi connectivity index (χ0v) is 16.2. The molecule has 2 atom stereocenters. The van der Waals surface area contributed by atoms with Gasteiger partial charge in [0.25, 0.3) is 5.91 Å².